The Balaban J connectivity index is 1.91. The number of halogens is 1. The molecule has 3 aromatic carbocycles. The van der Waals surface area contributed by atoms with Gasteiger partial charge in [0.2, 0.25) is 0 Å². The molecule has 1 nitrogen and oxygen atoms in total. The van der Waals surface area contributed by atoms with Gasteiger partial charge in [-0.3, -0.25) is 0 Å². The highest BCUT2D eigenvalue weighted by Crippen LogP contribution is 2.39. The minimum Gasteiger partial charge on any atom is -0.316 e. The second kappa shape index (κ2) is 9.82. The van der Waals surface area contributed by atoms with Crippen molar-refractivity contribution in [2.75, 3.05) is 0 Å². The summed E-state index contributed by atoms with van der Waals surface area (Å²) >= 11 is 6.18. The molecule has 0 unspecified atom stereocenters. The fourth-order valence-corrected chi connectivity index (χ4v) is 4.23. The van der Waals surface area contributed by atoms with E-state index >= 15 is 0 Å². The first-order valence-corrected chi connectivity index (χ1v) is 11.3. The number of aryl methyl sites for hydroxylation is 1. The van der Waals surface area contributed by atoms with Crippen molar-refractivity contribution in [3.8, 4) is 28.1 Å². The normalized spacial score (nSPS) is 11.0. The molecule has 0 aliphatic heterocycles. The van der Waals surface area contributed by atoms with E-state index in [0.29, 0.717) is 0 Å². The minimum atomic E-state index is 0.759. The summed E-state index contributed by atoms with van der Waals surface area (Å²) < 4.78 is 2.34. The van der Waals surface area contributed by atoms with Crippen molar-refractivity contribution in [3.05, 3.63) is 102 Å². The first kappa shape index (κ1) is 20.5. The van der Waals surface area contributed by atoms with Crippen LogP contribution in [0.2, 0.25) is 5.02 Å². The van der Waals surface area contributed by atoms with Crippen molar-refractivity contribution in [2.24, 2.45) is 0 Å². The summed E-state index contributed by atoms with van der Waals surface area (Å²) in [5.74, 6) is 0. The van der Waals surface area contributed by atoms with Crippen LogP contribution >= 0.6 is 11.6 Å². The van der Waals surface area contributed by atoms with Gasteiger partial charge in [0.05, 0.1) is 5.69 Å². The third-order valence-electron chi connectivity index (χ3n) is 5.60. The average Bonchev–Trinajstić information content (AvgIpc) is 3.18. The lowest BCUT2D eigenvalue weighted by atomic mass is 9.95. The smallest absolute Gasteiger partial charge is 0.0609 e. The van der Waals surface area contributed by atoms with E-state index in [0.717, 1.165) is 17.1 Å². The highest BCUT2D eigenvalue weighted by molar-refractivity contribution is 6.30. The van der Waals surface area contributed by atoms with E-state index in [-0.39, 0.29) is 0 Å². The van der Waals surface area contributed by atoms with Gasteiger partial charge in [0.1, 0.15) is 0 Å². The predicted molar refractivity (Wildman–Crippen MR) is 129 cm³/mol. The topological polar surface area (TPSA) is 4.93 Å². The van der Waals surface area contributed by atoms with E-state index < -0.39 is 0 Å². The number of hydrogen-bond acceptors (Lipinski definition) is 0. The number of unbranched alkanes of at least 4 members (excludes halogenated alkanes) is 3. The van der Waals surface area contributed by atoms with Crippen molar-refractivity contribution in [2.45, 2.75) is 39.0 Å². The Morgan fingerprint density at radius 1 is 0.700 bits per heavy atom. The minimum absolute atomic E-state index is 0.759. The van der Waals surface area contributed by atoms with Crippen molar-refractivity contribution >= 4 is 11.6 Å². The molecule has 4 rings (SSSR count). The molecule has 4 aromatic rings. The Morgan fingerprint density at radius 3 is 1.97 bits per heavy atom. The molecule has 0 radical (unpaired) electrons. The molecule has 0 amide bonds. The number of rotatable bonds is 8. The Morgan fingerprint density at radius 2 is 1.33 bits per heavy atom. The van der Waals surface area contributed by atoms with Crippen molar-refractivity contribution in [1.82, 2.24) is 4.57 Å². The van der Waals surface area contributed by atoms with E-state index in [9.17, 15) is 0 Å². The fourth-order valence-electron chi connectivity index (χ4n) is 4.10. The van der Waals surface area contributed by atoms with Crippen molar-refractivity contribution < 1.29 is 0 Å². The monoisotopic (exact) mass is 413 g/mol. The van der Waals surface area contributed by atoms with Gasteiger partial charge in [0, 0.05) is 22.5 Å². The van der Waals surface area contributed by atoms with Gasteiger partial charge in [-0.2, -0.15) is 0 Å². The summed E-state index contributed by atoms with van der Waals surface area (Å²) in [7, 11) is 0. The Bertz CT molecular complexity index is 1060. The standard InChI is InChI=1S/C28H28ClN/c1-2-3-4-7-16-24-21-30(26-19-17-25(29)18-20-26)28(23-14-10-6-11-15-23)27(24)22-12-8-5-9-13-22/h5-6,8-15,17-21H,2-4,7,16H2,1H3. The van der Waals surface area contributed by atoms with E-state index in [1.165, 1.54) is 53.6 Å². The van der Waals surface area contributed by atoms with Crippen LogP contribution in [-0.4, -0.2) is 4.57 Å². The van der Waals surface area contributed by atoms with Crippen LogP contribution in [0.5, 0.6) is 0 Å². The Kier molecular flexibility index (Phi) is 6.71. The molecule has 0 N–H and O–H groups in total. The third kappa shape index (κ3) is 4.52. The lowest BCUT2D eigenvalue weighted by Crippen LogP contribution is -1.96. The molecular formula is C28H28ClN. The number of nitrogens with zero attached hydrogens (tertiary/aromatic N) is 1. The van der Waals surface area contributed by atoms with Crippen molar-refractivity contribution in [3.63, 3.8) is 0 Å². The lowest BCUT2D eigenvalue weighted by Gasteiger charge is -2.13. The maximum absolute atomic E-state index is 6.18. The summed E-state index contributed by atoms with van der Waals surface area (Å²) in [6, 6.07) is 29.6. The first-order valence-electron chi connectivity index (χ1n) is 10.9. The second-order valence-electron chi connectivity index (χ2n) is 7.77. The van der Waals surface area contributed by atoms with Gasteiger partial charge in [0.15, 0.2) is 0 Å². The molecule has 0 aliphatic rings. The predicted octanol–water partition coefficient (Wildman–Crippen LogP) is 8.59. The molecule has 0 bridgehead atoms. The van der Waals surface area contributed by atoms with E-state index in [1.54, 1.807) is 0 Å². The second-order valence-corrected chi connectivity index (χ2v) is 8.20. The van der Waals surface area contributed by atoms with Gasteiger partial charge in [-0.05, 0) is 53.8 Å². The Hall–Kier alpha value is -2.77. The zero-order valence-electron chi connectivity index (χ0n) is 17.5. The van der Waals surface area contributed by atoms with Gasteiger partial charge in [-0.25, -0.2) is 0 Å². The Labute approximate surface area is 185 Å². The highest BCUT2D eigenvalue weighted by Gasteiger charge is 2.19. The van der Waals surface area contributed by atoms with Crippen LogP contribution in [-0.2, 0) is 6.42 Å². The molecule has 0 saturated carbocycles. The molecule has 2 heteroatoms. The summed E-state index contributed by atoms with van der Waals surface area (Å²) in [6.07, 6.45) is 8.46. The summed E-state index contributed by atoms with van der Waals surface area (Å²) in [5.41, 5.74) is 7.63. The molecule has 0 saturated heterocycles. The van der Waals surface area contributed by atoms with Crippen LogP contribution in [0.1, 0.15) is 38.2 Å². The quantitative estimate of drug-likeness (QED) is 0.255. The zero-order chi connectivity index (χ0) is 20.8. The van der Waals surface area contributed by atoms with Crippen LogP contribution < -0.4 is 0 Å². The number of aromatic nitrogens is 1. The maximum Gasteiger partial charge on any atom is 0.0609 e. The summed E-state index contributed by atoms with van der Waals surface area (Å²) in [5, 5.41) is 0.759. The van der Waals surface area contributed by atoms with E-state index in [2.05, 4.69) is 90.5 Å². The van der Waals surface area contributed by atoms with Crippen LogP contribution in [0.15, 0.2) is 91.1 Å². The molecular weight excluding hydrogens is 386 g/mol. The molecule has 0 fully saturated rings. The number of hydrogen-bond donors (Lipinski definition) is 0. The largest absolute Gasteiger partial charge is 0.316 e. The molecule has 152 valence electrons. The number of benzene rings is 3. The molecule has 0 aliphatic carbocycles. The van der Waals surface area contributed by atoms with Gasteiger partial charge < -0.3 is 4.57 Å². The fraction of sp³-hybridized carbons (Fsp3) is 0.214. The molecule has 30 heavy (non-hydrogen) atoms. The van der Waals surface area contributed by atoms with Crippen molar-refractivity contribution in [1.29, 1.82) is 0 Å². The first-order chi connectivity index (χ1) is 14.8. The van der Waals surface area contributed by atoms with Gasteiger partial charge in [0.25, 0.3) is 0 Å². The lowest BCUT2D eigenvalue weighted by molar-refractivity contribution is 0.667. The summed E-state index contributed by atoms with van der Waals surface area (Å²) in [4.78, 5) is 0. The third-order valence-corrected chi connectivity index (χ3v) is 5.85. The van der Waals surface area contributed by atoms with E-state index in [4.69, 9.17) is 11.6 Å². The zero-order valence-corrected chi connectivity index (χ0v) is 18.3. The van der Waals surface area contributed by atoms with Gasteiger partial charge in [-0.15, -0.1) is 0 Å². The van der Waals surface area contributed by atoms with Crippen LogP contribution in [0.4, 0.5) is 0 Å². The average molecular weight is 414 g/mol. The van der Waals surface area contributed by atoms with E-state index in [1.807, 2.05) is 12.1 Å². The highest BCUT2D eigenvalue weighted by atomic mass is 35.5. The van der Waals surface area contributed by atoms with Crippen LogP contribution in [0.25, 0.3) is 28.1 Å². The molecule has 1 heterocycles. The SMILES string of the molecule is CCCCCCc1cn(-c2ccc(Cl)cc2)c(-c2ccccc2)c1-c1ccccc1. The molecule has 0 spiro atoms. The molecule has 0 atom stereocenters. The van der Waals surface area contributed by atoms with Crippen LogP contribution in [0, 0.1) is 0 Å². The van der Waals surface area contributed by atoms with Gasteiger partial charge in [-0.1, -0.05) is 98.5 Å². The van der Waals surface area contributed by atoms with Gasteiger partial charge >= 0.3 is 0 Å². The summed E-state index contributed by atoms with van der Waals surface area (Å²) in [6.45, 7) is 2.26. The maximum atomic E-state index is 6.18. The van der Waals surface area contributed by atoms with Crippen LogP contribution in [0.3, 0.4) is 0 Å². The molecule has 1 aromatic heterocycles.